The molecule has 2 aromatic heterocycles. The van der Waals surface area contributed by atoms with Crippen molar-refractivity contribution < 1.29 is 9.53 Å². The molecule has 4 rings (SSSR count). The van der Waals surface area contributed by atoms with Crippen molar-refractivity contribution in [2.45, 2.75) is 39.8 Å². The minimum Gasteiger partial charge on any atom is -0.379 e. The van der Waals surface area contributed by atoms with Crippen LogP contribution in [0.15, 0.2) is 36.5 Å². The van der Waals surface area contributed by atoms with E-state index in [-0.39, 0.29) is 18.0 Å². The number of carbonyl (C=O) groups is 1. The zero-order chi connectivity index (χ0) is 22.0. The van der Waals surface area contributed by atoms with Gasteiger partial charge in [0.15, 0.2) is 5.65 Å². The molecule has 1 aliphatic heterocycles. The van der Waals surface area contributed by atoms with Crippen molar-refractivity contribution >= 4 is 16.9 Å². The molecule has 3 heterocycles. The minimum absolute atomic E-state index is 0.0248. The molecule has 164 valence electrons. The number of morpholine rings is 1. The van der Waals surface area contributed by atoms with E-state index in [0.717, 1.165) is 55.1 Å². The normalized spacial score (nSPS) is 16.0. The van der Waals surface area contributed by atoms with Gasteiger partial charge in [-0.15, -0.1) is 0 Å². The van der Waals surface area contributed by atoms with Crippen LogP contribution in [0.1, 0.15) is 42.7 Å². The fraction of sp³-hybridized carbons (Fsp3) is 0.458. The topological polar surface area (TPSA) is 72.3 Å². The lowest BCUT2D eigenvalue weighted by atomic mass is 10.0. The number of rotatable bonds is 6. The molecule has 7 heteroatoms. The van der Waals surface area contributed by atoms with Crippen LogP contribution in [-0.4, -0.2) is 64.5 Å². The van der Waals surface area contributed by atoms with Gasteiger partial charge in [0.05, 0.1) is 36.1 Å². The maximum absolute atomic E-state index is 13.3. The fourth-order valence-electron chi connectivity index (χ4n) is 3.97. The number of hydrogen-bond donors (Lipinski definition) is 1. The number of pyridine rings is 1. The maximum Gasteiger partial charge on any atom is 0.252 e. The molecule has 1 fully saturated rings. The molecule has 1 aromatic carbocycles. The summed E-state index contributed by atoms with van der Waals surface area (Å²) in [5.74, 6) is -0.0928. The van der Waals surface area contributed by atoms with Gasteiger partial charge in [0.1, 0.15) is 0 Å². The fourth-order valence-corrected chi connectivity index (χ4v) is 3.97. The first-order valence-electron chi connectivity index (χ1n) is 11.0. The summed E-state index contributed by atoms with van der Waals surface area (Å²) in [4.78, 5) is 20.5. The first-order chi connectivity index (χ1) is 14.9. The monoisotopic (exact) mass is 421 g/mol. The number of aromatic nitrogens is 3. The van der Waals surface area contributed by atoms with E-state index in [2.05, 4.69) is 48.2 Å². The zero-order valence-electron chi connectivity index (χ0n) is 18.8. The number of ether oxygens (including phenoxy) is 1. The van der Waals surface area contributed by atoms with Crippen molar-refractivity contribution in [2.24, 2.45) is 0 Å². The van der Waals surface area contributed by atoms with E-state index < -0.39 is 0 Å². The van der Waals surface area contributed by atoms with Crippen molar-refractivity contribution in [2.75, 3.05) is 32.8 Å². The Morgan fingerprint density at radius 1 is 1.16 bits per heavy atom. The largest absolute Gasteiger partial charge is 0.379 e. The second-order valence-electron chi connectivity index (χ2n) is 8.63. The van der Waals surface area contributed by atoms with Crippen LogP contribution < -0.4 is 5.32 Å². The van der Waals surface area contributed by atoms with E-state index in [1.165, 1.54) is 5.56 Å². The predicted molar refractivity (Wildman–Crippen MR) is 122 cm³/mol. The van der Waals surface area contributed by atoms with Crippen LogP contribution in [0.4, 0.5) is 0 Å². The molecule has 7 nitrogen and oxygen atoms in total. The second kappa shape index (κ2) is 9.16. The summed E-state index contributed by atoms with van der Waals surface area (Å²) in [6, 6.07) is 10.3. The summed E-state index contributed by atoms with van der Waals surface area (Å²) in [5.41, 5.74) is 4.30. The van der Waals surface area contributed by atoms with Crippen LogP contribution in [0.25, 0.3) is 22.3 Å². The summed E-state index contributed by atoms with van der Waals surface area (Å²) in [6.07, 6.45) is 1.75. The van der Waals surface area contributed by atoms with E-state index >= 15 is 0 Å². The lowest BCUT2D eigenvalue weighted by Crippen LogP contribution is -2.46. The van der Waals surface area contributed by atoms with Gasteiger partial charge in [-0.1, -0.05) is 29.8 Å². The summed E-state index contributed by atoms with van der Waals surface area (Å²) in [5, 5.41) is 8.47. The molecule has 3 aromatic rings. The smallest absolute Gasteiger partial charge is 0.252 e. The van der Waals surface area contributed by atoms with E-state index in [9.17, 15) is 4.79 Å². The quantitative estimate of drug-likeness (QED) is 0.660. The number of aryl methyl sites for hydroxylation is 1. The molecule has 0 bridgehead atoms. The highest BCUT2D eigenvalue weighted by molar-refractivity contribution is 6.06. The highest BCUT2D eigenvalue weighted by Crippen LogP contribution is 2.26. The van der Waals surface area contributed by atoms with Gasteiger partial charge >= 0.3 is 0 Å². The van der Waals surface area contributed by atoms with Gasteiger partial charge in [0.25, 0.3) is 5.91 Å². The van der Waals surface area contributed by atoms with E-state index in [1.807, 2.05) is 29.8 Å². The lowest BCUT2D eigenvalue weighted by Gasteiger charge is -2.29. The third kappa shape index (κ3) is 4.78. The Labute approximate surface area is 183 Å². The summed E-state index contributed by atoms with van der Waals surface area (Å²) in [6.45, 7) is 12.3. The molecule has 1 atom stereocenters. The second-order valence-corrected chi connectivity index (χ2v) is 8.63. The predicted octanol–water partition coefficient (Wildman–Crippen LogP) is 3.44. The number of amides is 1. The molecular formula is C24H31N5O2. The van der Waals surface area contributed by atoms with Crippen molar-refractivity contribution in [3.63, 3.8) is 0 Å². The van der Waals surface area contributed by atoms with Gasteiger partial charge in [0.2, 0.25) is 0 Å². The Bertz CT molecular complexity index is 1050. The van der Waals surface area contributed by atoms with Gasteiger partial charge in [-0.25, -0.2) is 9.67 Å². The Balaban J connectivity index is 1.66. The summed E-state index contributed by atoms with van der Waals surface area (Å²) in [7, 11) is 0. The van der Waals surface area contributed by atoms with E-state index in [0.29, 0.717) is 5.56 Å². The zero-order valence-corrected chi connectivity index (χ0v) is 18.8. The minimum atomic E-state index is -0.0928. The number of fused-ring (bicyclic) bond motifs is 1. The van der Waals surface area contributed by atoms with Crippen LogP contribution in [0, 0.1) is 6.92 Å². The molecular weight excluding hydrogens is 390 g/mol. The van der Waals surface area contributed by atoms with Gasteiger partial charge in [0, 0.05) is 37.3 Å². The summed E-state index contributed by atoms with van der Waals surface area (Å²) >= 11 is 0. The Morgan fingerprint density at radius 3 is 2.55 bits per heavy atom. The highest BCUT2D eigenvalue weighted by Gasteiger charge is 2.21. The van der Waals surface area contributed by atoms with Gasteiger partial charge in [-0.05, 0) is 33.8 Å². The lowest BCUT2D eigenvalue weighted by molar-refractivity contribution is 0.0342. The average molecular weight is 422 g/mol. The number of nitrogens with one attached hydrogen (secondary N) is 1. The SMILES string of the molecule is Cc1ccc(-c2cc(C(=O)NC(C)CN3CCOCC3)c3cnn(C(C)C)c3n2)cc1. The number of carbonyl (C=O) groups excluding carboxylic acids is 1. The van der Waals surface area contributed by atoms with Crippen LogP contribution in [-0.2, 0) is 4.74 Å². The third-order valence-electron chi connectivity index (χ3n) is 5.66. The van der Waals surface area contributed by atoms with Crippen LogP contribution in [0.5, 0.6) is 0 Å². The van der Waals surface area contributed by atoms with Crippen molar-refractivity contribution in [1.29, 1.82) is 0 Å². The first kappa shape index (κ1) is 21.5. The molecule has 0 aliphatic carbocycles. The summed E-state index contributed by atoms with van der Waals surface area (Å²) < 4.78 is 7.29. The number of benzene rings is 1. The highest BCUT2D eigenvalue weighted by atomic mass is 16.5. The molecule has 1 unspecified atom stereocenters. The Hall–Kier alpha value is -2.77. The van der Waals surface area contributed by atoms with Crippen molar-refractivity contribution in [1.82, 2.24) is 25.0 Å². The molecule has 1 N–H and O–H groups in total. The van der Waals surface area contributed by atoms with Gasteiger partial charge < -0.3 is 10.1 Å². The third-order valence-corrected chi connectivity index (χ3v) is 5.66. The van der Waals surface area contributed by atoms with Crippen LogP contribution in [0.2, 0.25) is 0 Å². The molecule has 1 amide bonds. The number of hydrogen-bond acceptors (Lipinski definition) is 5. The van der Waals surface area contributed by atoms with Crippen LogP contribution in [0.3, 0.4) is 0 Å². The molecule has 31 heavy (non-hydrogen) atoms. The van der Waals surface area contributed by atoms with Gasteiger partial charge in [-0.2, -0.15) is 5.10 Å². The maximum atomic E-state index is 13.3. The van der Waals surface area contributed by atoms with Crippen LogP contribution >= 0.6 is 0 Å². The average Bonchev–Trinajstić information content (AvgIpc) is 3.18. The Kier molecular flexibility index (Phi) is 6.34. The van der Waals surface area contributed by atoms with Crippen molar-refractivity contribution in [3.05, 3.63) is 47.7 Å². The number of nitrogens with zero attached hydrogens (tertiary/aromatic N) is 4. The van der Waals surface area contributed by atoms with Crippen molar-refractivity contribution in [3.8, 4) is 11.3 Å². The standard InChI is InChI=1S/C24H31N5O2/c1-16(2)29-23-21(14-25-29)20(13-22(27-23)19-7-5-17(3)6-8-19)24(30)26-18(4)15-28-9-11-31-12-10-28/h5-8,13-14,16,18H,9-12,15H2,1-4H3,(H,26,30). The first-order valence-corrected chi connectivity index (χ1v) is 11.0. The molecule has 0 spiro atoms. The Morgan fingerprint density at radius 2 is 1.87 bits per heavy atom. The molecule has 0 saturated carbocycles. The molecule has 1 aliphatic rings. The van der Waals surface area contributed by atoms with E-state index in [1.54, 1.807) is 6.20 Å². The van der Waals surface area contributed by atoms with E-state index in [4.69, 9.17) is 9.72 Å². The molecule has 0 radical (unpaired) electrons. The van der Waals surface area contributed by atoms with Gasteiger partial charge in [-0.3, -0.25) is 9.69 Å². The molecule has 1 saturated heterocycles.